The summed E-state index contributed by atoms with van der Waals surface area (Å²) in [4.78, 5) is 27.3. The van der Waals surface area contributed by atoms with Crippen LogP contribution in [-0.2, 0) is 13.0 Å². The number of benzene rings is 3. The highest BCUT2D eigenvalue weighted by Crippen LogP contribution is 2.30. The molecule has 1 heterocycles. The number of aryl methyl sites for hydroxylation is 1. The summed E-state index contributed by atoms with van der Waals surface area (Å²) in [5, 5.41) is 2.96. The molecule has 1 aliphatic rings. The molecule has 29 heavy (non-hydrogen) atoms. The maximum Gasteiger partial charge on any atom is 0.258 e. The topological polar surface area (TPSA) is 49.4 Å². The molecular weight excluding hydrogens is 428 g/mol. The molecule has 4 rings (SSSR count). The summed E-state index contributed by atoms with van der Waals surface area (Å²) in [5.74, 6) is -0.118. The van der Waals surface area contributed by atoms with Gasteiger partial charge in [-0.2, -0.15) is 0 Å². The molecule has 5 heteroatoms. The van der Waals surface area contributed by atoms with Gasteiger partial charge in [0, 0.05) is 28.8 Å². The highest BCUT2D eigenvalue weighted by molar-refractivity contribution is 9.10. The summed E-state index contributed by atoms with van der Waals surface area (Å²) in [6, 6.07) is 21.1. The standard InChI is InChI=1S/C24H21BrN2O2/c1-16-5-4-6-19(13-16)24(29)27-12-11-18-10-9-17(14-22(18)27)15-26-23(28)20-7-2-3-8-21(20)25/h2-10,13-14H,11-12,15H2,1H3,(H,26,28). The Kier molecular flexibility index (Phi) is 5.49. The third-order valence-electron chi connectivity index (χ3n) is 5.13. The van der Waals surface area contributed by atoms with Crippen LogP contribution in [0.15, 0.2) is 71.2 Å². The number of nitrogens with one attached hydrogen (secondary N) is 1. The molecule has 3 aromatic carbocycles. The molecule has 1 N–H and O–H groups in total. The fourth-order valence-electron chi connectivity index (χ4n) is 3.60. The van der Waals surface area contributed by atoms with Crippen molar-refractivity contribution >= 4 is 33.4 Å². The van der Waals surface area contributed by atoms with Crippen LogP contribution >= 0.6 is 15.9 Å². The van der Waals surface area contributed by atoms with Crippen LogP contribution in [-0.4, -0.2) is 18.4 Å². The minimum Gasteiger partial charge on any atom is -0.348 e. The molecule has 0 atom stereocenters. The first kappa shape index (κ1) is 19.4. The van der Waals surface area contributed by atoms with E-state index in [9.17, 15) is 9.59 Å². The molecule has 0 radical (unpaired) electrons. The first-order valence-electron chi connectivity index (χ1n) is 9.56. The number of halogens is 1. The van der Waals surface area contributed by atoms with E-state index >= 15 is 0 Å². The van der Waals surface area contributed by atoms with Crippen molar-refractivity contribution in [2.24, 2.45) is 0 Å². The summed E-state index contributed by atoms with van der Waals surface area (Å²) in [6.07, 6.45) is 0.844. The number of anilines is 1. The fraction of sp³-hybridized carbons (Fsp3) is 0.167. The number of hydrogen-bond acceptors (Lipinski definition) is 2. The van der Waals surface area contributed by atoms with Gasteiger partial charge in [0.1, 0.15) is 0 Å². The lowest BCUT2D eigenvalue weighted by Crippen LogP contribution is -2.29. The highest BCUT2D eigenvalue weighted by atomic mass is 79.9. The van der Waals surface area contributed by atoms with Crippen LogP contribution in [0, 0.1) is 6.92 Å². The Balaban J connectivity index is 1.51. The van der Waals surface area contributed by atoms with Gasteiger partial charge < -0.3 is 10.2 Å². The third kappa shape index (κ3) is 4.10. The molecule has 2 amide bonds. The van der Waals surface area contributed by atoms with Crippen LogP contribution in [0.25, 0.3) is 0 Å². The Labute approximate surface area is 178 Å². The van der Waals surface area contributed by atoms with Crippen LogP contribution in [0.4, 0.5) is 5.69 Å². The van der Waals surface area contributed by atoms with Gasteiger partial charge in [0.15, 0.2) is 0 Å². The van der Waals surface area contributed by atoms with Gasteiger partial charge in [-0.25, -0.2) is 0 Å². The maximum absolute atomic E-state index is 13.0. The van der Waals surface area contributed by atoms with Crippen LogP contribution < -0.4 is 10.2 Å². The molecule has 0 aromatic heterocycles. The van der Waals surface area contributed by atoms with E-state index in [2.05, 4.69) is 27.3 Å². The van der Waals surface area contributed by atoms with Crippen LogP contribution in [0.2, 0.25) is 0 Å². The fourth-order valence-corrected chi connectivity index (χ4v) is 4.07. The zero-order chi connectivity index (χ0) is 20.4. The molecule has 4 nitrogen and oxygen atoms in total. The van der Waals surface area contributed by atoms with Gasteiger partial charge in [-0.1, -0.05) is 42.0 Å². The van der Waals surface area contributed by atoms with Gasteiger partial charge in [-0.05, 0) is 70.7 Å². The molecule has 0 spiro atoms. The quantitative estimate of drug-likeness (QED) is 0.617. The van der Waals surface area contributed by atoms with Gasteiger partial charge >= 0.3 is 0 Å². The summed E-state index contributed by atoms with van der Waals surface area (Å²) >= 11 is 3.41. The lowest BCUT2D eigenvalue weighted by molar-refractivity contribution is 0.0948. The molecule has 0 saturated heterocycles. The van der Waals surface area contributed by atoms with Crippen molar-refractivity contribution in [2.45, 2.75) is 19.9 Å². The number of amides is 2. The van der Waals surface area contributed by atoms with Crippen molar-refractivity contribution in [1.82, 2.24) is 5.32 Å². The van der Waals surface area contributed by atoms with E-state index in [1.165, 1.54) is 0 Å². The molecule has 3 aromatic rings. The third-order valence-corrected chi connectivity index (χ3v) is 5.82. The molecule has 0 fully saturated rings. The normalized spacial score (nSPS) is 12.6. The second-order valence-electron chi connectivity index (χ2n) is 7.20. The summed E-state index contributed by atoms with van der Waals surface area (Å²) in [5.41, 5.74) is 5.43. The van der Waals surface area contributed by atoms with Gasteiger partial charge in [0.25, 0.3) is 11.8 Å². The zero-order valence-corrected chi connectivity index (χ0v) is 17.7. The Morgan fingerprint density at radius 3 is 2.66 bits per heavy atom. The second kappa shape index (κ2) is 8.21. The van der Waals surface area contributed by atoms with Gasteiger partial charge in [0.05, 0.1) is 5.56 Å². The van der Waals surface area contributed by atoms with Gasteiger partial charge in [-0.15, -0.1) is 0 Å². The van der Waals surface area contributed by atoms with Crippen molar-refractivity contribution in [2.75, 3.05) is 11.4 Å². The van der Waals surface area contributed by atoms with E-state index in [4.69, 9.17) is 0 Å². The molecule has 0 unspecified atom stereocenters. The molecular formula is C24H21BrN2O2. The average Bonchev–Trinajstić information content (AvgIpc) is 3.15. The van der Waals surface area contributed by atoms with Crippen molar-refractivity contribution < 1.29 is 9.59 Å². The molecule has 0 aliphatic carbocycles. The summed E-state index contributed by atoms with van der Waals surface area (Å²) < 4.78 is 0.765. The van der Waals surface area contributed by atoms with E-state index in [0.717, 1.165) is 33.3 Å². The lowest BCUT2D eigenvalue weighted by atomic mass is 10.1. The van der Waals surface area contributed by atoms with Crippen LogP contribution in [0.5, 0.6) is 0 Å². The SMILES string of the molecule is Cc1cccc(C(=O)N2CCc3ccc(CNC(=O)c4ccccc4Br)cc32)c1. The van der Waals surface area contributed by atoms with E-state index in [1.807, 2.05) is 66.4 Å². The van der Waals surface area contributed by atoms with Crippen molar-refractivity contribution in [3.05, 3.63) is 99.0 Å². The number of carbonyl (C=O) groups excluding carboxylic acids is 2. The van der Waals surface area contributed by atoms with Crippen molar-refractivity contribution in [3.8, 4) is 0 Å². The Bertz CT molecular complexity index is 1090. The van der Waals surface area contributed by atoms with Crippen LogP contribution in [0.1, 0.15) is 37.4 Å². The summed E-state index contributed by atoms with van der Waals surface area (Å²) in [6.45, 7) is 3.06. The summed E-state index contributed by atoms with van der Waals surface area (Å²) in [7, 11) is 0. The predicted octanol–water partition coefficient (Wildman–Crippen LogP) is 4.89. The van der Waals surface area contributed by atoms with Gasteiger partial charge in [-0.3, -0.25) is 9.59 Å². The molecule has 0 saturated carbocycles. The maximum atomic E-state index is 13.0. The minimum absolute atomic E-state index is 0.0156. The number of carbonyl (C=O) groups is 2. The van der Waals surface area contributed by atoms with E-state index in [0.29, 0.717) is 24.2 Å². The molecule has 146 valence electrons. The van der Waals surface area contributed by atoms with Crippen LogP contribution in [0.3, 0.4) is 0 Å². The smallest absolute Gasteiger partial charge is 0.258 e. The van der Waals surface area contributed by atoms with Gasteiger partial charge in [0.2, 0.25) is 0 Å². The monoisotopic (exact) mass is 448 g/mol. The number of nitrogens with zero attached hydrogens (tertiary/aromatic N) is 1. The zero-order valence-electron chi connectivity index (χ0n) is 16.1. The Morgan fingerprint density at radius 1 is 1.03 bits per heavy atom. The number of hydrogen-bond donors (Lipinski definition) is 1. The number of rotatable bonds is 4. The van der Waals surface area contributed by atoms with E-state index in [1.54, 1.807) is 6.07 Å². The Morgan fingerprint density at radius 2 is 1.86 bits per heavy atom. The first-order valence-corrected chi connectivity index (χ1v) is 10.4. The first-order chi connectivity index (χ1) is 14.0. The van der Waals surface area contributed by atoms with Crippen molar-refractivity contribution in [3.63, 3.8) is 0 Å². The number of fused-ring (bicyclic) bond motifs is 1. The second-order valence-corrected chi connectivity index (χ2v) is 8.06. The lowest BCUT2D eigenvalue weighted by Gasteiger charge is -2.18. The minimum atomic E-state index is -0.134. The highest BCUT2D eigenvalue weighted by Gasteiger charge is 2.26. The van der Waals surface area contributed by atoms with Crippen molar-refractivity contribution in [1.29, 1.82) is 0 Å². The largest absolute Gasteiger partial charge is 0.348 e. The predicted molar refractivity (Wildman–Crippen MR) is 118 cm³/mol. The Hall–Kier alpha value is -2.92. The molecule has 0 bridgehead atoms. The average molecular weight is 449 g/mol. The van der Waals surface area contributed by atoms with E-state index < -0.39 is 0 Å². The van der Waals surface area contributed by atoms with E-state index in [-0.39, 0.29) is 11.8 Å². The molecule has 1 aliphatic heterocycles.